The van der Waals surface area contributed by atoms with Crippen LogP contribution in [0.1, 0.15) is 21.5 Å². The Balaban J connectivity index is 1.83. The first kappa shape index (κ1) is 14.5. The van der Waals surface area contributed by atoms with Gasteiger partial charge in [0.2, 0.25) is 5.91 Å². The lowest BCUT2D eigenvalue weighted by atomic mass is 9.96. The van der Waals surface area contributed by atoms with Crippen LogP contribution in [-0.2, 0) is 6.42 Å². The van der Waals surface area contributed by atoms with Crippen LogP contribution in [0, 0.1) is 0 Å². The van der Waals surface area contributed by atoms with Crippen molar-refractivity contribution in [3.05, 3.63) is 95.6 Å². The highest BCUT2D eigenvalue weighted by Crippen LogP contribution is 2.27. The minimum atomic E-state index is -0.388. The van der Waals surface area contributed by atoms with Gasteiger partial charge in [-0.3, -0.25) is 4.79 Å². The summed E-state index contributed by atoms with van der Waals surface area (Å²) in [6.07, 6.45) is 0.913. The standard InChI is InChI=1S/C22H17NO/c23-22(24)20-8-4-7-18-13-19-12-16(9-10-17(19)14-21(18)20)11-15-5-2-1-3-6-15/h1-10,12-14H,11H2,(H2,23,24). The maximum atomic E-state index is 11.6. The van der Waals surface area contributed by atoms with Gasteiger partial charge in [-0.25, -0.2) is 0 Å². The SMILES string of the molecule is NC(=O)c1cccc2cc3cc(Cc4ccccc4)ccc3cc12. The number of hydrogen-bond acceptors (Lipinski definition) is 1. The number of benzene rings is 4. The molecule has 1 amide bonds. The summed E-state index contributed by atoms with van der Waals surface area (Å²) < 4.78 is 0. The average molecular weight is 311 g/mol. The summed E-state index contributed by atoms with van der Waals surface area (Å²) in [5, 5.41) is 4.24. The molecule has 0 atom stereocenters. The van der Waals surface area contributed by atoms with E-state index in [4.69, 9.17) is 5.73 Å². The van der Waals surface area contributed by atoms with E-state index in [-0.39, 0.29) is 5.91 Å². The summed E-state index contributed by atoms with van der Waals surface area (Å²) >= 11 is 0. The molecule has 0 heterocycles. The normalized spacial score (nSPS) is 11.0. The molecule has 2 heteroatoms. The molecule has 4 aromatic carbocycles. The van der Waals surface area contributed by atoms with E-state index >= 15 is 0 Å². The highest BCUT2D eigenvalue weighted by Gasteiger charge is 2.08. The van der Waals surface area contributed by atoms with Crippen molar-refractivity contribution in [3.8, 4) is 0 Å². The second-order valence-corrected chi connectivity index (χ2v) is 6.09. The Kier molecular flexibility index (Phi) is 3.51. The van der Waals surface area contributed by atoms with Crippen LogP contribution >= 0.6 is 0 Å². The zero-order chi connectivity index (χ0) is 16.5. The lowest BCUT2D eigenvalue weighted by Gasteiger charge is -2.08. The van der Waals surface area contributed by atoms with Crippen LogP contribution < -0.4 is 5.73 Å². The molecule has 0 bridgehead atoms. The molecule has 0 fully saturated rings. The smallest absolute Gasteiger partial charge is 0.249 e. The summed E-state index contributed by atoms with van der Waals surface area (Å²) in [5.41, 5.74) is 8.64. The summed E-state index contributed by atoms with van der Waals surface area (Å²) in [5.74, 6) is -0.388. The van der Waals surface area contributed by atoms with E-state index in [9.17, 15) is 4.79 Å². The highest BCUT2D eigenvalue weighted by atomic mass is 16.1. The average Bonchev–Trinajstić information content (AvgIpc) is 2.60. The van der Waals surface area contributed by atoms with E-state index in [1.807, 2.05) is 18.2 Å². The van der Waals surface area contributed by atoms with E-state index in [0.29, 0.717) is 5.56 Å². The van der Waals surface area contributed by atoms with Gasteiger partial charge in [0.05, 0.1) is 0 Å². The molecule has 24 heavy (non-hydrogen) atoms. The summed E-state index contributed by atoms with van der Waals surface area (Å²) in [4.78, 5) is 11.6. The molecule has 4 aromatic rings. The van der Waals surface area contributed by atoms with Crippen molar-refractivity contribution >= 4 is 27.5 Å². The number of fused-ring (bicyclic) bond motifs is 2. The molecule has 0 radical (unpaired) electrons. The Hall–Kier alpha value is -3.13. The van der Waals surface area contributed by atoms with Crippen molar-refractivity contribution in [2.75, 3.05) is 0 Å². The lowest BCUT2D eigenvalue weighted by Crippen LogP contribution is -2.11. The summed E-state index contributed by atoms with van der Waals surface area (Å²) in [7, 11) is 0. The topological polar surface area (TPSA) is 43.1 Å². The quantitative estimate of drug-likeness (QED) is 0.548. The molecular weight excluding hydrogens is 294 g/mol. The molecule has 116 valence electrons. The molecule has 0 aliphatic carbocycles. The Labute approximate surface area is 140 Å². The van der Waals surface area contributed by atoms with E-state index in [0.717, 1.165) is 22.6 Å². The van der Waals surface area contributed by atoms with Crippen molar-refractivity contribution in [3.63, 3.8) is 0 Å². The van der Waals surface area contributed by atoms with Gasteiger partial charge in [-0.15, -0.1) is 0 Å². The van der Waals surface area contributed by atoms with E-state index in [2.05, 4.69) is 54.6 Å². The zero-order valence-corrected chi connectivity index (χ0v) is 13.2. The fourth-order valence-corrected chi connectivity index (χ4v) is 3.23. The first-order valence-corrected chi connectivity index (χ1v) is 8.00. The van der Waals surface area contributed by atoms with Gasteiger partial charge >= 0.3 is 0 Å². The van der Waals surface area contributed by atoms with Crippen LogP contribution in [0.15, 0.2) is 78.9 Å². The largest absolute Gasteiger partial charge is 0.366 e. The third-order valence-corrected chi connectivity index (χ3v) is 4.42. The molecular formula is C22H17NO. The lowest BCUT2D eigenvalue weighted by molar-refractivity contribution is 0.100. The Morgan fingerprint density at radius 1 is 0.708 bits per heavy atom. The van der Waals surface area contributed by atoms with Crippen LogP contribution in [0.3, 0.4) is 0 Å². The van der Waals surface area contributed by atoms with Gasteiger partial charge in [0.25, 0.3) is 0 Å². The monoisotopic (exact) mass is 311 g/mol. The maximum absolute atomic E-state index is 11.6. The minimum absolute atomic E-state index is 0.388. The second-order valence-electron chi connectivity index (χ2n) is 6.09. The number of carbonyl (C=O) groups excluding carboxylic acids is 1. The van der Waals surface area contributed by atoms with Gasteiger partial charge in [0.15, 0.2) is 0 Å². The number of hydrogen-bond donors (Lipinski definition) is 1. The van der Waals surface area contributed by atoms with E-state index in [1.165, 1.54) is 16.5 Å². The molecule has 0 aliphatic heterocycles. The fraction of sp³-hybridized carbons (Fsp3) is 0.0455. The Bertz CT molecular complexity index is 1050. The molecule has 0 spiro atoms. The van der Waals surface area contributed by atoms with E-state index < -0.39 is 0 Å². The van der Waals surface area contributed by atoms with Crippen LogP contribution in [0.25, 0.3) is 21.5 Å². The van der Waals surface area contributed by atoms with Crippen molar-refractivity contribution in [1.82, 2.24) is 0 Å². The molecule has 4 rings (SSSR count). The second kappa shape index (κ2) is 5.82. The number of carbonyl (C=O) groups is 1. The fourth-order valence-electron chi connectivity index (χ4n) is 3.23. The molecule has 0 saturated heterocycles. The van der Waals surface area contributed by atoms with Crippen molar-refractivity contribution in [1.29, 1.82) is 0 Å². The third kappa shape index (κ3) is 2.63. The third-order valence-electron chi connectivity index (χ3n) is 4.42. The van der Waals surface area contributed by atoms with Crippen LogP contribution in [-0.4, -0.2) is 5.91 Å². The zero-order valence-electron chi connectivity index (χ0n) is 13.2. The Morgan fingerprint density at radius 2 is 1.54 bits per heavy atom. The summed E-state index contributed by atoms with van der Waals surface area (Å²) in [6.45, 7) is 0. The van der Waals surface area contributed by atoms with Crippen molar-refractivity contribution < 1.29 is 4.79 Å². The number of rotatable bonds is 3. The molecule has 2 nitrogen and oxygen atoms in total. The molecule has 0 saturated carbocycles. The minimum Gasteiger partial charge on any atom is -0.366 e. The highest BCUT2D eigenvalue weighted by molar-refractivity contribution is 6.10. The first-order valence-electron chi connectivity index (χ1n) is 8.00. The van der Waals surface area contributed by atoms with Crippen molar-refractivity contribution in [2.24, 2.45) is 5.73 Å². The van der Waals surface area contributed by atoms with Gasteiger partial charge in [0.1, 0.15) is 0 Å². The number of primary amides is 1. The van der Waals surface area contributed by atoms with Crippen LogP contribution in [0.2, 0.25) is 0 Å². The first-order chi connectivity index (χ1) is 11.7. The summed E-state index contributed by atoms with van der Waals surface area (Å²) in [6, 6.07) is 26.8. The number of amides is 1. The van der Waals surface area contributed by atoms with Gasteiger partial charge in [-0.1, -0.05) is 60.7 Å². The maximum Gasteiger partial charge on any atom is 0.249 e. The predicted octanol–water partition coefficient (Wildman–Crippen LogP) is 4.68. The van der Waals surface area contributed by atoms with Gasteiger partial charge < -0.3 is 5.73 Å². The molecule has 0 aliphatic rings. The van der Waals surface area contributed by atoms with Crippen LogP contribution in [0.5, 0.6) is 0 Å². The van der Waals surface area contributed by atoms with Crippen molar-refractivity contribution in [2.45, 2.75) is 6.42 Å². The van der Waals surface area contributed by atoms with Crippen LogP contribution in [0.4, 0.5) is 0 Å². The molecule has 0 unspecified atom stereocenters. The molecule has 2 N–H and O–H groups in total. The van der Waals surface area contributed by atoms with Gasteiger partial charge in [0, 0.05) is 5.56 Å². The number of nitrogens with two attached hydrogens (primary N) is 1. The van der Waals surface area contributed by atoms with E-state index in [1.54, 1.807) is 6.07 Å². The predicted molar refractivity (Wildman–Crippen MR) is 99.2 cm³/mol. The van der Waals surface area contributed by atoms with Gasteiger partial charge in [-0.05, 0) is 57.3 Å². The Morgan fingerprint density at radius 3 is 2.33 bits per heavy atom. The molecule has 0 aromatic heterocycles. The van der Waals surface area contributed by atoms with Gasteiger partial charge in [-0.2, -0.15) is 0 Å².